The molecule has 5 nitrogen and oxygen atoms in total. The van der Waals surface area contributed by atoms with Gasteiger partial charge < -0.3 is 20.3 Å². The fraction of sp³-hybridized carbons (Fsp3) is 0.417. The quantitative estimate of drug-likeness (QED) is 0.736. The van der Waals surface area contributed by atoms with E-state index >= 15 is 0 Å². The third-order valence-corrected chi connectivity index (χ3v) is 2.49. The monoisotopic (exact) mass is 239 g/mol. The Morgan fingerprint density at radius 1 is 1.35 bits per heavy atom. The van der Waals surface area contributed by atoms with E-state index in [0.29, 0.717) is 11.3 Å². The van der Waals surface area contributed by atoms with Gasteiger partial charge in [-0.25, -0.2) is 0 Å². The summed E-state index contributed by atoms with van der Waals surface area (Å²) >= 11 is 0. The Morgan fingerprint density at radius 2 is 1.94 bits per heavy atom. The lowest BCUT2D eigenvalue weighted by atomic mass is 10.0. The lowest BCUT2D eigenvalue weighted by Gasteiger charge is -2.18. The number of benzene rings is 1. The van der Waals surface area contributed by atoms with Crippen LogP contribution < -0.4 is 10.5 Å². The van der Waals surface area contributed by atoms with Crippen molar-refractivity contribution < 1.29 is 19.4 Å². The first-order chi connectivity index (χ1) is 8.08. The molecule has 2 unspecified atom stereocenters. The molecule has 0 saturated heterocycles. The lowest BCUT2D eigenvalue weighted by Crippen LogP contribution is -2.31. The third kappa shape index (κ3) is 3.72. The Balaban J connectivity index is 2.67. The number of ether oxygens (including phenoxy) is 2. The molecule has 1 aromatic rings. The van der Waals surface area contributed by atoms with E-state index in [1.807, 2.05) is 0 Å². The molecule has 0 fully saturated rings. The van der Waals surface area contributed by atoms with Gasteiger partial charge in [-0.05, 0) is 17.7 Å². The predicted molar refractivity (Wildman–Crippen MR) is 62.6 cm³/mol. The number of esters is 1. The van der Waals surface area contributed by atoms with Crippen LogP contribution in [0.1, 0.15) is 18.1 Å². The highest BCUT2D eigenvalue weighted by Crippen LogP contribution is 2.20. The normalized spacial score (nSPS) is 13.9. The smallest absolute Gasteiger partial charge is 0.307 e. The van der Waals surface area contributed by atoms with Crippen molar-refractivity contribution in [3.05, 3.63) is 29.8 Å². The van der Waals surface area contributed by atoms with Crippen molar-refractivity contribution in [1.82, 2.24) is 0 Å². The van der Waals surface area contributed by atoms with E-state index in [2.05, 4.69) is 4.74 Å². The molecule has 0 heterocycles. The van der Waals surface area contributed by atoms with Crippen LogP contribution in [0.3, 0.4) is 0 Å². The molecule has 0 aliphatic carbocycles. The second kappa shape index (κ2) is 6.22. The average molecular weight is 239 g/mol. The zero-order valence-electron chi connectivity index (χ0n) is 9.92. The number of carbonyl (C=O) groups is 1. The Morgan fingerprint density at radius 3 is 2.41 bits per heavy atom. The Hall–Kier alpha value is -1.59. The molecule has 94 valence electrons. The van der Waals surface area contributed by atoms with Crippen molar-refractivity contribution >= 4 is 5.97 Å². The highest BCUT2D eigenvalue weighted by molar-refractivity contribution is 5.70. The third-order valence-electron chi connectivity index (χ3n) is 2.49. The molecule has 2 atom stereocenters. The van der Waals surface area contributed by atoms with Crippen LogP contribution in [0.2, 0.25) is 0 Å². The van der Waals surface area contributed by atoms with Crippen LogP contribution in [0.5, 0.6) is 5.75 Å². The fourth-order valence-electron chi connectivity index (χ4n) is 1.44. The molecular formula is C12H17NO4. The van der Waals surface area contributed by atoms with Crippen molar-refractivity contribution in [3.8, 4) is 5.75 Å². The van der Waals surface area contributed by atoms with Gasteiger partial charge in [-0.2, -0.15) is 0 Å². The van der Waals surface area contributed by atoms with Crippen LogP contribution in [0, 0.1) is 0 Å². The summed E-state index contributed by atoms with van der Waals surface area (Å²) in [5.41, 5.74) is 6.36. The summed E-state index contributed by atoms with van der Waals surface area (Å²) < 4.78 is 9.50. The van der Waals surface area contributed by atoms with E-state index in [1.54, 1.807) is 31.4 Å². The molecule has 0 radical (unpaired) electrons. The van der Waals surface area contributed by atoms with Crippen LogP contribution in [-0.4, -0.2) is 31.3 Å². The average Bonchev–Trinajstić information content (AvgIpc) is 2.37. The summed E-state index contributed by atoms with van der Waals surface area (Å²) in [5, 5.41) is 9.92. The molecule has 1 aromatic carbocycles. The highest BCUT2D eigenvalue weighted by atomic mass is 16.5. The largest absolute Gasteiger partial charge is 0.497 e. The Bertz CT molecular complexity index is 363. The van der Waals surface area contributed by atoms with Crippen molar-refractivity contribution in [2.45, 2.75) is 18.6 Å². The van der Waals surface area contributed by atoms with Gasteiger partial charge in [0.05, 0.1) is 26.7 Å². The van der Waals surface area contributed by atoms with Crippen LogP contribution in [0.25, 0.3) is 0 Å². The van der Waals surface area contributed by atoms with Crippen LogP contribution in [0.15, 0.2) is 24.3 Å². The van der Waals surface area contributed by atoms with Gasteiger partial charge in [-0.1, -0.05) is 12.1 Å². The van der Waals surface area contributed by atoms with Crippen LogP contribution in [-0.2, 0) is 9.53 Å². The summed E-state index contributed by atoms with van der Waals surface area (Å²) in [5.74, 6) is 0.257. The number of hydrogen-bond acceptors (Lipinski definition) is 5. The van der Waals surface area contributed by atoms with Crippen LogP contribution >= 0.6 is 0 Å². The number of hydrogen-bond donors (Lipinski definition) is 2. The molecule has 0 amide bonds. The number of aliphatic hydroxyl groups excluding tert-OH is 1. The van der Waals surface area contributed by atoms with Gasteiger partial charge in [-0.3, -0.25) is 4.79 Å². The molecule has 0 aliphatic heterocycles. The van der Waals surface area contributed by atoms with Crippen LogP contribution in [0.4, 0.5) is 0 Å². The van der Waals surface area contributed by atoms with E-state index in [1.165, 1.54) is 7.11 Å². The summed E-state index contributed by atoms with van der Waals surface area (Å²) in [6.07, 6.45) is -0.927. The molecule has 17 heavy (non-hydrogen) atoms. The molecule has 5 heteroatoms. The molecular weight excluding hydrogens is 222 g/mol. The second-order valence-electron chi connectivity index (χ2n) is 3.66. The van der Waals surface area contributed by atoms with E-state index in [0.717, 1.165) is 0 Å². The minimum absolute atomic E-state index is 0.0241. The van der Waals surface area contributed by atoms with E-state index < -0.39 is 18.1 Å². The first-order valence-electron chi connectivity index (χ1n) is 5.23. The zero-order valence-corrected chi connectivity index (χ0v) is 9.92. The maximum absolute atomic E-state index is 11.0. The van der Waals surface area contributed by atoms with Gasteiger partial charge in [0.15, 0.2) is 0 Å². The maximum atomic E-state index is 11.0. The van der Waals surface area contributed by atoms with E-state index in [4.69, 9.17) is 10.5 Å². The van der Waals surface area contributed by atoms with Gasteiger partial charge in [0.2, 0.25) is 0 Å². The summed E-state index contributed by atoms with van der Waals surface area (Å²) in [6.45, 7) is 0. The fourth-order valence-corrected chi connectivity index (χ4v) is 1.44. The van der Waals surface area contributed by atoms with Crippen molar-refractivity contribution in [3.63, 3.8) is 0 Å². The van der Waals surface area contributed by atoms with E-state index in [9.17, 15) is 9.90 Å². The van der Waals surface area contributed by atoms with Gasteiger partial charge in [0.25, 0.3) is 0 Å². The summed E-state index contributed by atoms with van der Waals surface area (Å²) in [7, 11) is 2.85. The number of aliphatic hydroxyl groups is 1. The minimum atomic E-state index is -0.903. The number of carbonyl (C=O) groups excluding carboxylic acids is 1. The number of methoxy groups -OCH3 is 2. The second-order valence-corrected chi connectivity index (χ2v) is 3.66. The molecule has 0 aromatic heterocycles. The van der Waals surface area contributed by atoms with Gasteiger partial charge in [0.1, 0.15) is 5.75 Å². The summed E-state index contributed by atoms with van der Waals surface area (Å²) in [6, 6.07) is 6.18. The predicted octanol–water partition coefficient (Wildman–Crippen LogP) is 0.619. The molecule has 0 bridgehead atoms. The number of nitrogens with two attached hydrogens (primary N) is 1. The standard InChI is InChI=1S/C12H17NO4/c1-16-9-5-3-8(4-6-9)12(15)10(13)7-11(14)17-2/h3-6,10,12,15H,7,13H2,1-2H3. The SMILES string of the molecule is COC(=O)CC(N)C(O)c1ccc(OC)cc1. The first kappa shape index (κ1) is 13.5. The Labute approximate surface area is 100 Å². The lowest BCUT2D eigenvalue weighted by molar-refractivity contribution is -0.141. The molecule has 0 aliphatic rings. The maximum Gasteiger partial charge on any atom is 0.307 e. The van der Waals surface area contributed by atoms with E-state index in [-0.39, 0.29) is 6.42 Å². The van der Waals surface area contributed by atoms with Crippen molar-refractivity contribution in [2.75, 3.05) is 14.2 Å². The van der Waals surface area contributed by atoms with Gasteiger partial charge in [-0.15, -0.1) is 0 Å². The first-order valence-corrected chi connectivity index (χ1v) is 5.23. The van der Waals surface area contributed by atoms with Crippen molar-refractivity contribution in [1.29, 1.82) is 0 Å². The zero-order chi connectivity index (χ0) is 12.8. The summed E-state index contributed by atoms with van der Waals surface area (Å²) in [4.78, 5) is 11.0. The highest BCUT2D eigenvalue weighted by Gasteiger charge is 2.20. The molecule has 0 saturated carbocycles. The molecule has 0 spiro atoms. The molecule has 3 N–H and O–H groups in total. The topological polar surface area (TPSA) is 81.8 Å². The van der Waals surface area contributed by atoms with Gasteiger partial charge in [0, 0.05) is 6.04 Å². The number of rotatable bonds is 5. The molecule has 1 rings (SSSR count). The minimum Gasteiger partial charge on any atom is -0.497 e. The Kier molecular flexibility index (Phi) is 4.93. The van der Waals surface area contributed by atoms with Gasteiger partial charge >= 0.3 is 5.97 Å². The van der Waals surface area contributed by atoms with Crippen molar-refractivity contribution in [2.24, 2.45) is 5.73 Å².